The normalized spacial score (nSPS) is 25.9. The third-order valence-electron chi connectivity index (χ3n) is 2.66. The number of nitrogens with zero attached hydrogens (tertiary/aromatic N) is 1. The van der Waals surface area contributed by atoms with Crippen LogP contribution in [0.2, 0.25) is 0 Å². The fourth-order valence-corrected chi connectivity index (χ4v) is 1.87. The van der Waals surface area contributed by atoms with Gasteiger partial charge in [-0.05, 0) is 33.0 Å². The second kappa shape index (κ2) is 5.03. The SMILES string of the molecule is CCCN(C)CCC1CC(F)(F)CN1. The van der Waals surface area contributed by atoms with Crippen molar-refractivity contribution in [2.24, 2.45) is 0 Å². The summed E-state index contributed by atoms with van der Waals surface area (Å²) in [6, 6.07) is 0.00399. The summed E-state index contributed by atoms with van der Waals surface area (Å²) in [5.74, 6) is -2.48. The van der Waals surface area contributed by atoms with E-state index in [0.717, 1.165) is 25.9 Å². The number of alkyl halides is 2. The summed E-state index contributed by atoms with van der Waals surface area (Å²) < 4.78 is 25.6. The second-order valence-electron chi connectivity index (χ2n) is 4.23. The highest BCUT2D eigenvalue weighted by Crippen LogP contribution is 2.26. The van der Waals surface area contributed by atoms with E-state index in [9.17, 15) is 8.78 Å². The summed E-state index contributed by atoms with van der Waals surface area (Å²) in [6.45, 7) is 3.93. The van der Waals surface area contributed by atoms with Gasteiger partial charge < -0.3 is 10.2 Å². The Morgan fingerprint density at radius 3 is 2.64 bits per heavy atom. The molecule has 2 nitrogen and oxygen atoms in total. The van der Waals surface area contributed by atoms with Gasteiger partial charge in [0.15, 0.2) is 0 Å². The first-order valence-electron chi connectivity index (χ1n) is 5.33. The molecule has 1 fully saturated rings. The zero-order chi connectivity index (χ0) is 10.6. The standard InChI is InChI=1S/C10H20F2N2/c1-3-5-14(2)6-4-9-7-10(11,12)8-13-9/h9,13H,3-8H2,1-2H3. The Labute approximate surface area is 84.7 Å². The zero-order valence-corrected chi connectivity index (χ0v) is 9.02. The Morgan fingerprint density at radius 2 is 2.14 bits per heavy atom. The minimum Gasteiger partial charge on any atom is -0.308 e. The minimum atomic E-state index is -2.48. The third-order valence-corrected chi connectivity index (χ3v) is 2.66. The van der Waals surface area contributed by atoms with Crippen LogP contribution in [0.1, 0.15) is 26.2 Å². The van der Waals surface area contributed by atoms with Crippen molar-refractivity contribution in [2.45, 2.75) is 38.2 Å². The largest absolute Gasteiger partial charge is 0.308 e. The number of rotatable bonds is 5. The molecule has 1 atom stereocenters. The molecule has 1 saturated heterocycles. The van der Waals surface area contributed by atoms with Crippen molar-refractivity contribution in [3.8, 4) is 0 Å². The van der Waals surface area contributed by atoms with Crippen LogP contribution in [0.4, 0.5) is 8.78 Å². The van der Waals surface area contributed by atoms with Gasteiger partial charge >= 0.3 is 0 Å². The maximum atomic E-state index is 12.8. The lowest BCUT2D eigenvalue weighted by molar-refractivity contribution is 0.0206. The molecule has 4 heteroatoms. The van der Waals surface area contributed by atoms with E-state index in [1.165, 1.54) is 0 Å². The Bertz CT molecular complexity index is 174. The molecule has 1 N–H and O–H groups in total. The molecule has 0 aliphatic carbocycles. The van der Waals surface area contributed by atoms with Gasteiger partial charge in [-0.3, -0.25) is 0 Å². The van der Waals surface area contributed by atoms with Crippen molar-refractivity contribution >= 4 is 0 Å². The van der Waals surface area contributed by atoms with Crippen LogP contribution >= 0.6 is 0 Å². The average Bonchev–Trinajstić information content (AvgIpc) is 2.43. The predicted octanol–water partition coefficient (Wildman–Crippen LogP) is 1.72. The first-order chi connectivity index (χ1) is 6.53. The van der Waals surface area contributed by atoms with Gasteiger partial charge in [0, 0.05) is 12.5 Å². The maximum absolute atomic E-state index is 12.8. The van der Waals surface area contributed by atoms with Gasteiger partial charge in [-0.1, -0.05) is 6.92 Å². The molecule has 0 radical (unpaired) electrons. The van der Waals surface area contributed by atoms with E-state index in [4.69, 9.17) is 0 Å². The van der Waals surface area contributed by atoms with Crippen LogP contribution in [0.25, 0.3) is 0 Å². The van der Waals surface area contributed by atoms with Crippen LogP contribution in [0.3, 0.4) is 0 Å². The van der Waals surface area contributed by atoms with Crippen LogP contribution in [0.5, 0.6) is 0 Å². The molecule has 0 aromatic rings. The molecular formula is C10H20F2N2. The molecule has 1 aliphatic heterocycles. The fourth-order valence-electron chi connectivity index (χ4n) is 1.87. The summed E-state index contributed by atoms with van der Waals surface area (Å²) in [5, 5.41) is 2.87. The Morgan fingerprint density at radius 1 is 1.43 bits per heavy atom. The van der Waals surface area contributed by atoms with Crippen LogP contribution in [0, 0.1) is 0 Å². The number of halogens is 2. The van der Waals surface area contributed by atoms with Crippen LogP contribution < -0.4 is 5.32 Å². The number of hydrogen-bond acceptors (Lipinski definition) is 2. The summed E-state index contributed by atoms with van der Waals surface area (Å²) in [4.78, 5) is 2.19. The molecule has 0 amide bonds. The molecule has 14 heavy (non-hydrogen) atoms. The molecule has 1 aliphatic rings. The molecule has 0 saturated carbocycles. The highest BCUT2D eigenvalue weighted by atomic mass is 19.3. The molecular weight excluding hydrogens is 186 g/mol. The summed E-state index contributed by atoms with van der Waals surface area (Å²) in [7, 11) is 2.04. The van der Waals surface area contributed by atoms with E-state index in [1.807, 2.05) is 7.05 Å². The molecule has 1 rings (SSSR count). The molecule has 0 bridgehead atoms. The van der Waals surface area contributed by atoms with E-state index in [0.29, 0.717) is 0 Å². The Hall–Kier alpha value is -0.220. The summed E-state index contributed by atoms with van der Waals surface area (Å²) in [5.41, 5.74) is 0. The van der Waals surface area contributed by atoms with Crippen molar-refractivity contribution in [1.82, 2.24) is 10.2 Å². The second-order valence-corrected chi connectivity index (χ2v) is 4.23. The van der Waals surface area contributed by atoms with Gasteiger partial charge in [-0.15, -0.1) is 0 Å². The summed E-state index contributed by atoms with van der Waals surface area (Å²) >= 11 is 0. The van der Waals surface area contributed by atoms with E-state index < -0.39 is 5.92 Å². The van der Waals surface area contributed by atoms with E-state index in [1.54, 1.807) is 0 Å². The Kier molecular flexibility index (Phi) is 4.26. The van der Waals surface area contributed by atoms with Crippen LogP contribution in [-0.2, 0) is 0 Å². The number of hydrogen-bond donors (Lipinski definition) is 1. The van der Waals surface area contributed by atoms with Crippen molar-refractivity contribution in [3.05, 3.63) is 0 Å². The third kappa shape index (κ3) is 3.88. The zero-order valence-electron chi connectivity index (χ0n) is 9.02. The molecule has 0 aromatic heterocycles. The molecule has 1 heterocycles. The topological polar surface area (TPSA) is 15.3 Å². The van der Waals surface area contributed by atoms with E-state index >= 15 is 0 Å². The molecule has 84 valence electrons. The van der Waals surface area contributed by atoms with Crippen molar-refractivity contribution in [1.29, 1.82) is 0 Å². The van der Waals surface area contributed by atoms with E-state index in [-0.39, 0.29) is 19.0 Å². The Balaban J connectivity index is 2.14. The van der Waals surface area contributed by atoms with Crippen molar-refractivity contribution in [2.75, 3.05) is 26.7 Å². The maximum Gasteiger partial charge on any atom is 0.261 e. The molecule has 0 spiro atoms. The lowest BCUT2D eigenvalue weighted by Crippen LogP contribution is -2.28. The van der Waals surface area contributed by atoms with Crippen LogP contribution in [-0.4, -0.2) is 43.5 Å². The highest BCUT2D eigenvalue weighted by Gasteiger charge is 2.38. The highest BCUT2D eigenvalue weighted by molar-refractivity contribution is 4.87. The minimum absolute atomic E-state index is 0.00399. The average molecular weight is 206 g/mol. The monoisotopic (exact) mass is 206 g/mol. The van der Waals surface area contributed by atoms with Gasteiger partial charge in [0.1, 0.15) is 0 Å². The summed E-state index contributed by atoms with van der Waals surface area (Å²) in [6.07, 6.45) is 1.95. The van der Waals surface area contributed by atoms with Crippen LogP contribution in [0.15, 0.2) is 0 Å². The smallest absolute Gasteiger partial charge is 0.261 e. The predicted molar refractivity (Wildman–Crippen MR) is 53.8 cm³/mol. The number of nitrogens with one attached hydrogen (secondary N) is 1. The lowest BCUT2D eigenvalue weighted by atomic mass is 10.1. The quantitative estimate of drug-likeness (QED) is 0.736. The first-order valence-corrected chi connectivity index (χ1v) is 5.33. The molecule has 1 unspecified atom stereocenters. The lowest BCUT2D eigenvalue weighted by Gasteiger charge is -2.18. The van der Waals surface area contributed by atoms with Gasteiger partial charge in [0.2, 0.25) is 0 Å². The fraction of sp³-hybridized carbons (Fsp3) is 1.00. The van der Waals surface area contributed by atoms with Crippen molar-refractivity contribution < 1.29 is 8.78 Å². The van der Waals surface area contributed by atoms with E-state index in [2.05, 4.69) is 17.1 Å². The van der Waals surface area contributed by atoms with Gasteiger partial charge in [0.25, 0.3) is 5.92 Å². The van der Waals surface area contributed by atoms with Gasteiger partial charge in [-0.2, -0.15) is 0 Å². The first kappa shape index (κ1) is 11.9. The van der Waals surface area contributed by atoms with Gasteiger partial charge in [-0.25, -0.2) is 8.78 Å². The molecule has 0 aromatic carbocycles. The van der Waals surface area contributed by atoms with Gasteiger partial charge in [0.05, 0.1) is 6.54 Å². The van der Waals surface area contributed by atoms with Crippen molar-refractivity contribution in [3.63, 3.8) is 0 Å².